The summed E-state index contributed by atoms with van der Waals surface area (Å²) in [6.07, 6.45) is 0.0542. The van der Waals surface area contributed by atoms with Gasteiger partial charge in [0, 0.05) is 16.9 Å². The minimum Gasteiger partial charge on any atom is -0.491 e. The molecule has 3 aromatic rings. The highest BCUT2D eigenvalue weighted by molar-refractivity contribution is 6.54. The highest BCUT2D eigenvalue weighted by Gasteiger charge is 2.40. The summed E-state index contributed by atoms with van der Waals surface area (Å²) in [7, 11) is 0. The first-order valence-corrected chi connectivity index (χ1v) is 12.0. The van der Waals surface area contributed by atoms with E-state index < -0.39 is 11.8 Å². The smallest absolute Gasteiger partial charge is 0.283 e. The molecule has 1 aliphatic rings. The number of imide groups is 1. The van der Waals surface area contributed by atoms with Crippen LogP contribution in [0.15, 0.2) is 77.5 Å². The van der Waals surface area contributed by atoms with Crippen LogP contribution in [0.5, 0.6) is 5.75 Å². The van der Waals surface area contributed by atoms with E-state index >= 15 is 0 Å². The van der Waals surface area contributed by atoms with Crippen molar-refractivity contribution < 1.29 is 19.1 Å². The van der Waals surface area contributed by atoms with Gasteiger partial charge >= 0.3 is 0 Å². The summed E-state index contributed by atoms with van der Waals surface area (Å²) < 4.78 is 5.60. The molecule has 184 valence electrons. The van der Waals surface area contributed by atoms with Gasteiger partial charge < -0.3 is 15.4 Å². The normalized spacial score (nSPS) is 13.4. The van der Waals surface area contributed by atoms with Crippen LogP contribution in [0.4, 0.5) is 17.1 Å². The van der Waals surface area contributed by atoms with Gasteiger partial charge in [0.1, 0.15) is 16.5 Å². The molecule has 2 N–H and O–H groups in total. The van der Waals surface area contributed by atoms with E-state index in [2.05, 4.69) is 10.6 Å². The Morgan fingerprint density at radius 2 is 1.50 bits per heavy atom. The quantitative estimate of drug-likeness (QED) is 0.333. The summed E-state index contributed by atoms with van der Waals surface area (Å²) in [6.45, 7) is 3.87. The second kappa shape index (κ2) is 10.6. The third-order valence-electron chi connectivity index (χ3n) is 5.10. The van der Waals surface area contributed by atoms with Gasteiger partial charge in [0.05, 0.1) is 21.8 Å². The minimum absolute atomic E-state index is 0.0542. The van der Waals surface area contributed by atoms with Crippen molar-refractivity contribution in [3.63, 3.8) is 0 Å². The molecule has 0 aliphatic carbocycles. The summed E-state index contributed by atoms with van der Waals surface area (Å²) in [5.41, 5.74) is 1.48. The predicted molar refractivity (Wildman–Crippen MR) is 142 cm³/mol. The van der Waals surface area contributed by atoms with Crippen LogP contribution in [0.2, 0.25) is 10.0 Å². The number of benzene rings is 3. The maximum Gasteiger partial charge on any atom is 0.283 e. The molecule has 1 aliphatic heterocycles. The van der Waals surface area contributed by atoms with Gasteiger partial charge in [-0.1, -0.05) is 40.9 Å². The zero-order valence-corrected chi connectivity index (χ0v) is 21.4. The molecule has 36 heavy (non-hydrogen) atoms. The minimum atomic E-state index is -0.728. The van der Waals surface area contributed by atoms with E-state index in [1.54, 1.807) is 60.7 Å². The van der Waals surface area contributed by atoms with E-state index in [-0.39, 0.29) is 38.5 Å². The van der Waals surface area contributed by atoms with Crippen molar-refractivity contribution in [3.8, 4) is 5.75 Å². The number of ether oxygens (including phenoxy) is 1. The third kappa shape index (κ3) is 5.33. The summed E-state index contributed by atoms with van der Waals surface area (Å²) in [5, 5.41) is 5.63. The molecule has 7 nitrogen and oxygen atoms in total. The Kier molecular flexibility index (Phi) is 7.54. The molecule has 3 amide bonds. The Bertz CT molecular complexity index is 1370. The number of carbonyl (C=O) groups excluding carboxylic acids is 3. The van der Waals surface area contributed by atoms with Crippen LogP contribution in [0.3, 0.4) is 0 Å². The Labute approximate surface area is 222 Å². The maximum atomic E-state index is 13.0. The van der Waals surface area contributed by atoms with Crippen molar-refractivity contribution in [1.82, 2.24) is 0 Å². The molecule has 0 aromatic heterocycles. The maximum absolute atomic E-state index is 13.0. The molecule has 0 atom stereocenters. The molecule has 0 unspecified atom stereocenters. The molecule has 0 saturated heterocycles. The van der Waals surface area contributed by atoms with Gasteiger partial charge in [-0.15, -0.1) is 0 Å². The fraction of sp³-hybridized carbons (Fsp3) is 0.115. The number of amides is 3. The van der Waals surface area contributed by atoms with Gasteiger partial charge in [0.2, 0.25) is 0 Å². The molecule has 1 heterocycles. The lowest BCUT2D eigenvalue weighted by Crippen LogP contribution is -2.32. The van der Waals surface area contributed by atoms with Gasteiger partial charge in [-0.05, 0) is 74.5 Å². The van der Waals surface area contributed by atoms with Crippen LogP contribution in [0.25, 0.3) is 0 Å². The molecule has 3 aromatic carbocycles. The number of hydrogen-bond acceptors (Lipinski definition) is 5. The Morgan fingerprint density at radius 3 is 2.14 bits per heavy atom. The fourth-order valence-electron chi connectivity index (χ4n) is 3.44. The summed E-state index contributed by atoms with van der Waals surface area (Å²) in [6, 6.07) is 18.0. The zero-order valence-electron chi connectivity index (χ0n) is 19.1. The first kappa shape index (κ1) is 25.6. The second-order valence-electron chi connectivity index (χ2n) is 8.06. The fourth-order valence-corrected chi connectivity index (χ4v) is 4.03. The third-order valence-corrected chi connectivity index (χ3v) is 6.26. The van der Waals surface area contributed by atoms with Crippen LogP contribution in [-0.4, -0.2) is 23.8 Å². The molecule has 0 spiro atoms. The standard InChI is InChI=1S/C26H20Cl3N3O4/c1-14(2)36-18-12-10-17(11-13-18)31-24(33)15-6-8-16(9-7-15)30-23-22(29)25(34)32(26(23)35)20-5-3-4-19(27)21(20)28/h3-14,30H,1-2H3,(H,31,33). The monoisotopic (exact) mass is 543 g/mol. The van der Waals surface area contributed by atoms with E-state index in [9.17, 15) is 14.4 Å². The van der Waals surface area contributed by atoms with Crippen molar-refractivity contribution in [2.45, 2.75) is 20.0 Å². The molecule has 0 saturated carbocycles. The molecule has 4 rings (SSSR count). The number of nitrogens with zero attached hydrogens (tertiary/aromatic N) is 1. The van der Waals surface area contributed by atoms with Gasteiger partial charge in [-0.3, -0.25) is 14.4 Å². The molecular weight excluding hydrogens is 525 g/mol. The Hall–Kier alpha value is -3.52. The molecule has 0 bridgehead atoms. The van der Waals surface area contributed by atoms with Crippen LogP contribution >= 0.6 is 34.8 Å². The lowest BCUT2D eigenvalue weighted by Gasteiger charge is -2.17. The van der Waals surface area contributed by atoms with Gasteiger partial charge in [-0.25, -0.2) is 4.90 Å². The number of hydrogen-bond donors (Lipinski definition) is 2. The van der Waals surface area contributed by atoms with E-state index in [1.807, 2.05) is 13.8 Å². The second-order valence-corrected chi connectivity index (χ2v) is 9.22. The topological polar surface area (TPSA) is 87.7 Å². The first-order valence-electron chi connectivity index (χ1n) is 10.8. The molecule has 10 heteroatoms. The van der Waals surface area contributed by atoms with Crippen molar-refractivity contribution in [3.05, 3.63) is 93.1 Å². The van der Waals surface area contributed by atoms with E-state index in [1.165, 1.54) is 6.07 Å². The summed E-state index contributed by atoms with van der Waals surface area (Å²) in [4.78, 5) is 39.1. The zero-order chi connectivity index (χ0) is 26.0. The highest BCUT2D eigenvalue weighted by Crippen LogP contribution is 2.37. The van der Waals surface area contributed by atoms with Crippen molar-refractivity contribution >= 4 is 69.6 Å². The lowest BCUT2D eigenvalue weighted by molar-refractivity contribution is -0.120. The van der Waals surface area contributed by atoms with Crippen molar-refractivity contribution in [2.24, 2.45) is 0 Å². The average molecular weight is 545 g/mol. The SMILES string of the molecule is CC(C)Oc1ccc(NC(=O)c2ccc(NC3=C(Cl)C(=O)N(c4cccc(Cl)c4Cl)C3=O)cc2)cc1. The van der Waals surface area contributed by atoms with Crippen LogP contribution in [0.1, 0.15) is 24.2 Å². The number of halogens is 3. The van der Waals surface area contributed by atoms with E-state index in [4.69, 9.17) is 39.5 Å². The van der Waals surface area contributed by atoms with Gasteiger partial charge in [-0.2, -0.15) is 0 Å². The van der Waals surface area contributed by atoms with Crippen molar-refractivity contribution in [2.75, 3.05) is 15.5 Å². The van der Waals surface area contributed by atoms with E-state index in [0.717, 1.165) is 4.90 Å². The number of anilines is 3. The highest BCUT2D eigenvalue weighted by atomic mass is 35.5. The number of carbonyl (C=O) groups is 3. The van der Waals surface area contributed by atoms with Crippen LogP contribution in [0, 0.1) is 0 Å². The van der Waals surface area contributed by atoms with Gasteiger partial charge in [0.25, 0.3) is 17.7 Å². The summed E-state index contributed by atoms with van der Waals surface area (Å²) in [5.74, 6) is -1.01. The molecule has 0 fully saturated rings. The van der Waals surface area contributed by atoms with Gasteiger partial charge in [0.15, 0.2) is 0 Å². The summed E-state index contributed by atoms with van der Waals surface area (Å²) >= 11 is 18.4. The first-order chi connectivity index (χ1) is 17.2. The van der Waals surface area contributed by atoms with Crippen LogP contribution < -0.4 is 20.3 Å². The van der Waals surface area contributed by atoms with Crippen LogP contribution in [-0.2, 0) is 9.59 Å². The molecule has 0 radical (unpaired) electrons. The lowest BCUT2D eigenvalue weighted by atomic mass is 10.2. The Morgan fingerprint density at radius 1 is 0.861 bits per heavy atom. The average Bonchev–Trinajstić information content (AvgIpc) is 3.05. The Balaban J connectivity index is 1.44. The van der Waals surface area contributed by atoms with Crippen molar-refractivity contribution in [1.29, 1.82) is 0 Å². The van der Waals surface area contributed by atoms with E-state index in [0.29, 0.717) is 22.7 Å². The number of nitrogens with one attached hydrogen (secondary N) is 2. The number of rotatable bonds is 7. The largest absolute Gasteiger partial charge is 0.491 e. The molecular formula is C26H20Cl3N3O4. The predicted octanol–water partition coefficient (Wildman–Crippen LogP) is 6.47.